The highest BCUT2D eigenvalue weighted by molar-refractivity contribution is 5.84. The van der Waals surface area contributed by atoms with Gasteiger partial charge in [-0.05, 0) is 37.7 Å². The molecule has 0 radical (unpaired) electrons. The average molecular weight is 412 g/mol. The SMILES string of the molecule is O=C1CCC(C(=O)N2CCN(C3CCCCC3)CC2)CN1CCCc1ccccc1. The van der Waals surface area contributed by atoms with E-state index in [1.165, 1.54) is 37.7 Å². The normalized spacial score (nSPS) is 24.3. The zero-order valence-corrected chi connectivity index (χ0v) is 18.3. The van der Waals surface area contributed by atoms with Crippen molar-refractivity contribution < 1.29 is 9.59 Å². The van der Waals surface area contributed by atoms with E-state index in [1.807, 2.05) is 11.0 Å². The summed E-state index contributed by atoms with van der Waals surface area (Å²) in [6.45, 7) is 5.11. The first-order valence-corrected chi connectivity index (χ1v) is 12.1. The molecule has 3 aliphatic rings. The number of amides is 2. The van der Waals surface area contributed by atoms with Crippen LogP contribution < -0.4 is 0 Å². The smallest absolute Gasteiger partial charge is 0.227 e. The summed E-state index contributed by atoms with van der Waals surface area (Å²) in [4.78, 5) is 32.2. The van der Waals surface area contributed by atoms with Gasteiger partial charge in [0.15, 0.2) is 0 Å². The number of piperidine rings is 1. The molecule has 2 saturated heterocycles. The fraction of sp³-hybridized carbons (Fsp3) is 0.680. The third kappa shape index (κ3) is 5.42. The number of carbonyl (C=O) groups excluding carboxylic acids is 2. The fourth-order valence-electron chi connectivity index (χ4n) is 5.46. The Morgan fingerprint density at radius 2 is 1.67 bits per heavy atom. The van der Waals surface area contributed by atoms with Crippen molar-refractivity contribution in [1.82, 2.24) is 14.7 Å². The summed E-state index contributed by atoms with van der Waals surface area (Å²) < 4.78 is 0. The van der Waals surface area contributed by atoms with Crippen molar-refractivity contribution in [1.29, 1.82) is 0 Å². The molecule has 5 nitrogen and oxygen atoms in total. The molecule has 1 unspecified atom stereocenters. The van der Waals surface area contributed by atoms with Crippen LogP contribution in [0.25, 0.3) is 0 Å². The second kappa shape index (κ2) is 10.4. The van der Waals surface area contributed by atoms with Crippen LogP contribution in [0.5, 0.6) is 0 Å². The van der Waals surface area contributed by atoms with E-state index < -0.39 is 0 Å². The number of piperazine rings is 1. The lowest BCUT2D eigenvalue weighted by molar-refractivity contribution is -0.144. The maximum atomic E-state index is 13.2. The zero-order chi connectivity index (χ0) is 20.8. The standard InChI is InChI=1S/C25H37N3O2/c29-24-14-13-22(20-28(24)15-7-10-21-8-3-1-4-9-21)25(30)27-18-16-26(17-19-27)23-11-5-2-6-12-23/h1,3-4,8-9,22-23H,2,5-7,10-20H2. The minimum absolute atomic E-state index is 0.0133. The molecule has 1 aromatic rings. The maximum absolute atomic E-state index is 13.2. The van der Waals surface area contributed by atoms with Crippen molar-refractivity contribution in [3.63, 3.8) is 0 Å². The quantitative estimate of drug-likeness (QED) is 0.721. The number of rotatable bonds is 6. The van der Waals surface area contributed by atoms with E-state index in [1.54, 1.807) is 0 Å². The molecule has 164 valence electrons. The molecule has 1 atom stereocenters. The lowest BCUT2D eigenvalue weighted by atomic mass is 9.93. The van der Waals surface area contributed by atoms with Crippen LogP contribution in [-0.2, 0) is 16.0 Å². The second-order valence-electron chi connectivity index (χ2n) is 9.32. The van der Waals surface area contributed by atoms with E-state index in [4.69, 9.17) is 0 Å². The Hall–Kier alpha value is -1.88. The summed E-state index contributed by atoms with van der Waals surface area (Å²) in [5.41, 5.74) is 1.31. The topological polar surface area (TPSA) is 43.9 Å². The summed E-state index contributed by atoms with van der Waals surface area (Å²) in [6, 6.07) is 11.2. The first-order chi connectivity index (χ1) is 14.7. The fourth-order valence-corrected chi connectivity index (χ4v) is 5.46. The van der Waals surface area contributed by atoms with Crippen molar-refractivity contribution in [2.24, 2.45) is 5.92 Å². The molecule has 0 aromatic heterocycles. The Morgan fingerprint density at radius 1 is 0.933 bits per heavy atom. The van der Waals surface area contributed by atoms with E-state index >= 15 is 0 Å². The number of aryl methyl sites for hydroxylation is 1. The molecule has 1 saturated carbocycles. The highest BCUT2D eigenvalue weighted by Crippen LogP contribution is 2.25. The van der Waals surface area contributed by atoms with E-state index in [0.717, 1.165) is 58.0 Å². The van der Waals surface area contributed by atoms with Crippen LogP contribution in [0, 0.1) is 5.92 Å². The largest absolute Gasteiger partial charge is 0.342 e. The highest BCUT2D eigenvalue weighted by Gasteiger charge is 2.34. The number of hydrogen-bond donors (Lipinski definition) is 0. The monoisotopic (exact) mass is 411 g/mol. The van der Waals surface area contributed by atoms with Crippen LogP contribution in [0.3, 0.4) is 0 Å². The molecule has 2 heterocycles. The lowest BCUT2D eigenvalue weighted by Gasteiger charge is -2.42. The van der Waals surface area contributed by atoms with Crippen molar-refractivity contribution >= 4 is 11.8 Å². The van der Waals surface area contributed by atoms with Gasteiger partial charge in [0.1, 0.15) is 0 Å². The number of hydrogen-bond acceptors (Lipinski definition) is 3. The minimum Gasteiger partial charge on any atom is -0.342 e. The van der Waals surface area contributed by atoms with E-state index in [-0.39, 0.29) is 17.7 Å². The molecule has 1 aliphatic carbocycles. The van der Waals surface area contributed by atoms with E-state index in [9.17, 15) is 9.59 Å². The molecule has 0 bridgehead atoms. The summed E-state index contributed by atoms with van der Waals surface area (Å²) >= 11 is 0. The van der Waals surface area contributed by atoms with Crippen LogP contribution in [0.4, 0.5) is 0 Å². The van der Waals surface area contributed by atoms with Gasteiger partial charge in [-0.25, -0.2) is 0 Å². The molecule has 2 amide bonds. The first-order valence-electron chi connectivity index (χ1n) is 12.1. The Bertz CT molecular complexity index is 694. The molecule has 0 spiro atoms. The summed E-state index contributed by atoms with van der Waals surface area (Å²) in [5, 5.41) is 0. The third-order valence-corrected chi connectivity index (χ3v) is 7.30. The number of nitrogens with zero attached hydrogens (tertiary/aromatic N) is 3. The molecule has 0 N–H and O–H groups in total. The summed E-state index contributed by atoms with van der Waals surface area (Å²) in [5.74, 6) is 0.480. The van der Waals surface area contributed by atoms with Gasteiger partial charge in [0.25, 0.3) is 0 Å². The Balaban J connectivity index is 1.23. The number of benzene rings is 1. The van der Waals surface area contributed by atoms with E-state index in [2.05, 4.69) is 34.1 Å². The van der Waals surface area contributed by atoms with Crippen molar-refractivity contribution in [2.75, 3.05) is 39.3 Å². The van der Waals surface area contributed by atoms with Gasteiger partial charge in [-0.2, -0.15) is 0 Å². The minimum atomic E-state index is -0.0133. The molecule has 4 rings (SSSR count). The average Bonchev–Trinajstić information content (AvgIpc) is 2.81. The third-order valence-electron chi connectivity index (χ3n) is 7.30. The van der Waals surface area contributed by atoms with E-state index in [0.29, 0.717) is 13.0 Å². The molecule has 30 heavy (non-hydrogen) atoms. The van der Waals surface area contributed by atoms with Crippen molar-refractivity contribution in [3.05, 3.63) is 35.9 Å². The highest BCUT2D eigenvalue weighted by atomic mass is 16.2. The molecule has 2 aliphatic heterocycles. The molecular weight excluding hydrogens is 374 g/mol. The van der Waals surface area contributed by atoms with Crippen molar-refractivity contribution in [2.45, 2.75) is 63.8 Å². The van der Waals surface area contributed by atoms with Gasteiger partial charge < -0.3 is 9.80 Å². The predicted octanol–water partition coefficient (Wildman–Crippen LogP) is 3.33. The first kappa shape index (κ1) is 21.4. The van der Waals surface area contributed by atoms with Gasteiger partial charge in [0, 0.05) is 51.7 Å². The molecular formula is C25H37N3O2. The van der Waals surface area contributed by atoms with Gasteiger partial charge in [0.2, 0.25) is 11.8 Å². The molecule has 1 aromatic carbocycles. The second-order valence-corrected chi connectivity index (χ2v) is 9.32. The summed E-state index contributed by atoms with van der Waals surface area (Å²) in [6.07, 6.45) is 9.94. The Morgan fingerprint density at radius 3 is 2.40 bits per heavy atom. The van der Waals surface area contributed by atoms with Gasteiger partial charge in [0.05, 0.1) is 5.92 Å². The van der Waals surface area contributed by atoms with Crippen LogP contribution >= 0.6 is 0 Å². The van der Waals surface area contributed by atoms with Gasteiger partial charge in [-0.15, -0.1) is 0 Å². The van der Waals surface area contributed by atoms with Crippen LogP contribution in [0.15, 0.2) is 30.3 Å². The van der Waals surface area contributed by atoms with Crippen LogP contribution in [0.1, 0.15) is 56.9 Å². The van der Waals surface area contributed by atoms with Crippen LogP contribution in [0.2, 0.25) is 0 Å². The Kier molecular flexibility index (Phi) is 7.42. The molecule has 5 heteroatoms. The van der Waals surface area contributed by atoms with Crippen LogP contribution in [-0.4, -0.2) is 71.8 Å². The molecule has 3 fully saturated rings. The van der Waals surface area contributed by atoms with Gasteiger partial charge >= 0.3 is 0 Å². The lowest BCUT2D eigenvalue weighted by Crippen LogP contribution is -2.55. The van der Waals surface area contributed by atoms with Gasteiger partial charge in [-0.1, -0.05) is 49.6 Å². The van der Waals surface area contributed by atoms with Gasteiger partial charge in [-0.3, -0.25) is 14.5 Å². The maximum Gasteiger partial charge on any atom is 0.227 e. The Labute approximate surface area is 181 Å². The zero-order valence-electron chi connectivity index (χ0n) is 18.3. The van der Waals surface area contributed by atoms with Crippen molar-refractivity contribution in [3.8, 4) is 0 Å². The number of likely N-dealkylation sites (tertiary alicyclic amines) is 1. The predicted molar refractivity (Wildman–Crippen MR) is 119 cm³/mol. The number of carbonyl (C=O) groups is 2. The summed E-state index contributed by atoms with van der Waals surface area (Å²) in [7, 11) is 0.